The molecule has 1 saturated heterocycles. The van der Waals surface area contributed by atoms with Crippen molar-refractivity contribution in [3.8, 4) is 5.75 Å². The molecule has 0 bridgehead atoms. The van der Waals surface area contributed by atoms with Gasteiger partial charge in [0.25, 0.3) is 22.6 Å². The molecular weight excluding hydrogens is 498 g/mol. The molecule has 1 atom stereocenters. The number of hydrogen-bond acceptors (Lipinski definition) is 7. The number of phenols is 1. The number of rotatable bonds is 9. The lowest BCUT2D eigenvalue weighted by molar-refractivity contribution is -0.379. The van der Waals surface area contributed by atoms with Gasteiger partial charge in [-0.15, -0.1) is 0 Å². The third-order valence-electron chi connectivity index (χ3n) is 6.77. The van der Waals surface area contributed by atoms with Crippen molar-refractivity contribution in [3.05, 3.63) is 110 Å². The number of amides is 1. The Balaban J connectivity index is 1.49. The number of allylic oxidation sites excluding steroid dienone is 2. The molecule has 3 aromatic carbocycles. The van der Waals surface area contributed by atoms with Gasteiger partial charge in [0.2, 0.25) is 0 Å². The Labute approximate surface area is 225 Å². The van der Waals surface area contributed by atoms with Crippen molar-refractivity contribution in [3.63, 3.8) is 0 Å². The third kappa shape index (κ3) is 5.69. The molecule has 0 unspecified atom stereocenters. The Morgan fingerprint density at radius 1 is 1.05 bits per heavy atom. The molecule has 39 heavy (non-hydrogen) atoms. The summed E-state index contributed by atoms with van der Waals surface area (Å²) in [6.07, 6.45) is 5.51. The fourth-order valence-corrected chi connectivity index (χ4v) is 4.56. The zero-order valence-corrected chi connectivity index (χ0v) is 21.6. The molecule has 1 aliphatic rings. The first-order chi connectivity index (χ1) is 18.9. The van der Waals surface area contributed by atoms with Gasteiger partial charge in [0.1, 0.15) is 24.5 Å². The van der Waals surface area contributed by atoms with E-state index in [-0.39, 0.29) is 40.3 Å². The summed E-state index contributed by atoms with van der Waals surface area (Å²) in [5.41, 5.74) is 0.0386. The van der Waals surface area contributed by atoms with Crippen molar-refractivity contribution in [1.29, 1.82) is 0 Å². The number of nitrogens with one attached hydrogen (secondary N) is 3. The van der Waals surface area contributed by atoms with Crippen molar-refractivity contribution in [1.82, 2.24) is 9.80 Å². The lowest BCUT2D eigenvalue weighted by Crippen LogP contribution is -2.71. The fraction of sp³-hybridized carbons (Fsp3) is 0.241. The van der Waals surface area contributed by atoms with Crippen LogP contribution in [0.3, 0.4) is 0 Å². The van der Waals surface area contributed by atoms with Crippen molar-refractivity contribution in [2.75, 3.05) is 36.8 Å². The van der Waals surface area contributed by atoms with Crippen LogP contribution in [0.2, 0.25) is 0 Å². The Bertz CT molecular complexity index is 1470. The minimum Gasteiger partial charge on any atom is -0.717 e. The van der Waals surface area contributed by atoms with Crippen LogP contribution >= 0.6 is 0 Å². The number of anilines is 3. The highest BCUT2D eigenvalue weighted by molar-refractivity contribution is 5.99. The zero-order chi connectivity index (χ0) is 27.9. The van der Waals surface area contributed by atoms with Crippen LogP contribution in [-0.2, 0) is 0 Å². The summed E-state index contributed by atoms with van der Waals surface area (Å²) in [5, 5.41) is 30.2. The highest BCUT2D eigenvalue weighted by Crippen LogP contribution is 2.33. The SMILES string of the molecule is C=C/C=C\C(=[NH+]\[O-])N1CCN(C(=O)c2cccc(Nc3c(N[C@H](CC)c4ccccc4)c(=O)c3=O)c2O)CC1. The van der Waals surface area contributed by atoms with Crippen LogP contribution in [0.5, 0.6) is 5.75 Å². The monoisotopic (exact) mass is 529 g/mol. The lowest BCUT2D eigenvalue weighted by Gasteiger charge is -2.31. The highest BCUT2D eigenvalue weighted by Gasteiger charge is 2.30. The van der Waals surface area contributed by atoms with E-state index in [0.717, 1.165) is 5.56 Å². The average Bonchev–Trinajstić information content (AvgIpc) is 2.98. The predicted molar refractivity (Wildman–Crippen MR) is 152 cm³/mol. The number of carbonyl (C=O) groups is 1. The van der Waals surface area contributed by atoms with E-state index in [0.29, 0.717) is 38.4 Å². The Hall–Kier alpha value is -4.86. The van der Waals surface area contributed by atoms with Gasteiger partial charge in [0.15, 0.2) is 5.75 Å². The maximum atomic E-state index is 13.2. The predicted octanol–water partition coefficient (Wildman–Crippen LogP) is 1.77. The van der Waals surface area contributed by atoms with Gasteiger partial charge < -0.3 is 25.8 Å². The number of piperazine rings is 1. The standard InChI is InChI=1S/C29H31N5O5/c1-3-5-14-23(32-39)33-15-17-34(18-16-33)29(38)20-12-9-13-22(26(20)35)31-25-24(27(36)28(25)37)30-21(4-2)19-10-7-6-8-11-19/h3,5-14,21,32H,1,4,15-18H2,2H3,(H3-,30,31,35,36,37,38,39)/b14-5-,32-23-/t21-/m1/s1. The van der Waals surface area contributed by atoms with Crippen LogP contribution in [0.4, 0.5) is 17.1 Å². The molecule has 10 nitrogen and oxygen atoms in total. The number of carbonyl (C=O) groups excluding carboxylic acids is 1. The van der Waals surface area contributed by atoms with Crippen molar-refractivity contribution >= 4 is 28.8 Å². The van der Waals surface area contributed by atoms with E-state index < -0.39 is 10.9 Å². The van der Waals surface area contributed by atoms with E-state index in [1.165, 1.54) is 12.1 Å². The van der Waals surface area contributed by atoms with E-state index in [4.69, 9.17) is 0 Å². The van der Waals surface area contributed by atoms with Gasteiger partial charge in [-0.2, -0.15) is 0 Å². The maximum Gasteiger partial charge on any atom is 0.272 e. The largest absolute Gasteiger partial charge is 0.717 e. The Kier molecular flexibility index (Phi) is 8.45. The maximum absolute atomic E-state index is 13.2. The molecule has 3 aromatic rings. The molecule has 1 heterocycles. The van der Waals surface area contributed by atoms with Crippen molar-refractivity contribution < 1.29 is 15.1 Å². The van der Waals surface area contributed by atoms with Crippen molar-refractivity contribution in [2.45, 2.75) is 19.4 Å². The summed E-state index contributed by atoms with van der Waals surface area (Å²) < 4.78 is 0. The first-order valence-corrected chi connectivity index (χ1v) is 12.7. The van der Waals surface area contributed by atoms with Crippen LogP contribution in [0.25, 0.3) is 0 Å². The molecule has 1 fully saturated rings. The van der Waals surface area contributed by atoms with Crippen molar-refractivity contribution in [2.24, 2.45) is 0 Å². The van der Waals surface area contributed by atoms with E-state index in [2.05, 4.69) is 17.2 Å². The van der Waals surface area contributed by atoms with Crippen LogP contribution in [0.15, 0.2) is 82.9 Å². The summed E-state index contributed by atoms with van der Waals surface area (Å²) in [7, 11) is 0. The number of hydrogen-bond donors (Lipinski definition) is 4. The topological polar surface area (TPSA) is 139 Å². The van der Waals surface area contributed by atoms with E-state index in [9.17, 15) is 24.7 Å². The molecule has 1 amide bonds. The first-order valence-electron chi connectivity index (χ1n) is 12.7. The second-order valence-electron chi connectivity index (χ2n) is 9.11. The normalized spacial score (nSPS) is 14.9. The summed E-state index contributed by atoms with van der Waals surface area (Å²) in [4.78, 5) is 41.5. The number of para-hydroxylation sites is 1. The Morgan fingerprint density at radius 3 is 2.36 bits per heavy atom. The lowest BCUT2D eigenvalue weighted by atomic mass is 10.0. The van der Waals surface area contributed by atoms with Crippen LogP contribution in [-0.4, -0.2) is 52.8 Å². The number of phenolic OH excluding ortho intramolecular Hbond substituents is 1. The van der Waals surface area contributed by atoms with E-state index in [1.54, 1.807) is 29.2 Å². The Morgan fingerprint density at radius 2 is 1.72 bits per heavy atom. The number of nitrogens with zero attached hydrogens (tertiary/aromatic N) is 2. The molecule has 202 valence electrons. The van der Waals surface area contributed by atoms with Crippen LogP contribution < -0.4 is 26.6 Å². The summed E-state index contributed by atoms with van der Waals surface area (Å²) in [6.45, 7) is 7.09. The molecule has 4 N–H and O–H groups in total. The molecule has 0 spiro atoms. The molecular formula is C29H31N5O5. The van der Waals surface area contributed by atoms with Gasteiger partial charge in [0.05, 0.1) is 30.4 Å². The van der Waals surface area contributed by atoms with Gasteiger partial charge in [0, 0.05) is 6.08 Å². The summed E-state index contributed by atoms with van der Waals surface area (Å²) >= 11 is 0. The number of benzene rings is 2. The molecule has 0 saturated carbocycles. The number of aromatic hydroxyl groups is 1. The first kappa shape index (κ1) is 27.2. The second-order valence-corrected chi connectivity index (χ2v) is 9.11. The average molecular weight is 530 g/mol. The molecule has 4 rings (SSSR count). The molecule has 0 radical (unpaired) electrons. The van der Waals surface area contributed by atoms with Crippen LogP contribution in [0, 0.1) is 5.21 Å². The quantitative estimate of drug-likeness (QED) is 0.0626. The third-order valence-corrected chi connectivity index (χ3v) is 6.77. The van der Waals surface area contributed by atoms with Gasteiger partial charge >= 0.3 is 0 Å². The number of amidine groups is 1. The minimum absolute atomic E-state index is 0.0450. The summed E-state index contributed by atoms with van der Waals surface area (Å²) in [6, 6.07) is 14.0. The van der Waals surface area contributed by atoms with Gasteiger partial charge in [-0.1, -0.05) is 62.1 Å². The van der Waals surface area contributed by atoms with Crippen LogP contribution in [0.1, 0.15) is 35.3 Å². The summed E-state index contributed by atoms with van der Waals surface area (Å²) in [5.74, 6) is -0.319. The van der Waals surface area contributed by atoms with Gasteiger partial charge in [-0.25, -0.2) is 0 Å². The molecule has 1 aliphatic heterocycles. The zero-order valence-electron chi connectivity index (χ0n) is 21.6. The molecule has 10 heteroatoms. The second kappa shape index (κ2) is 12.1. The smallest absolute Gasteiger partial charge is 0.272 e. The van der Waals surface area contributed by atoms with Gasteiger partial charge in [-0.3, -0.25) is 24.4 Å². The highest BCUT2D eigenvalue weighted by atomic mass is 16.4. The van der Waals surface area contributed by atoms with E-state index in [1.807, 2.05) is 47.3 Å². The van der Waals surface area contributed by atoms with Gasteiger partial charge in [-0.05, 0) is 24.1 Å². The molecule has 0 aromatic heterocycles. The van der Waals surface area contributed by atoms with E-state index >= 15 is 0 Å². The fourth-order valence-electron chi connectivity index (χ4n) is 4.56. The minimum atomic E-state index is -0.697. The molecule has 0 aliphatic carbocycles.